The molecule has 2 fully saturated rings. The Morgan fingerprint density at radius 2 is 1.45 bits per heavy atom. The molecule has 2 saturated heterocycles. The Morgan fingerprint density at radius 3 is 1.95 bits per heavy atom. The van der Waals surface area contributed by atoms with Crippen LogP contribution in [0.25, 0.3) is 0 Å². The first-order valence-corrected chi connectivity index (χ1v) is 14.4. The van der Waals surface area contributed by atoms with Crippen molar-refractivity contribution in [2.45, 2.75) is 63.1 Å². The number of rotatable bonds is 6. The van der Waals surface area contributed by atoms with E-state index >= 15 is 0 Å². The Labute approximate surface area is 231 Å². The number of benzene rings is 2. The van der Waals surface area contributed by atoms with Gasteiger partial charge < -0.3 is 20.0 Å². The summed E-state index contributed by atoms with van der Waals surface area (Å²) >= 11 is 0. The Morgan fingerprint density at radius 1 is 0.900 bits per heavy atom. The summed E-state index contributed by atoms with van der Waals surface area (Å²) in [5, 5.41) is 17.0. The number of aryl methyl sites for hydroxylation is 2. The van der Waals surface area contributed by atoms with Gasteiger partial charge >= 0.3 is 18.1 Å². The van der Waals surface area contributed by atoms with Crippen LogP contribution in [0.2, 0.25) is 0 Å². The Kier molecular flexibility index (Phi) is 10.1. The van der Waals surface area contributed by atoms with Crippen molar-refractivity contribution < 1.29 is 41.4 Å². The van der Waals surface area contributed by atoms with E-state index in [0.717, 1.165) is 37.1 Å². The van der Waals surface area contributed by atoms with Crippen LogP contribution in [0.5, 0.6) is 0 Å². The number of hydrogen-bond acceptors (Lipinski definition) is 6. The lowest BCUT2D eigenvalue weighted by molar-refractivity contribution is -0.192. The van der Waals surface area contributed by atoms with Crippen molar-refractivity contribution in [2.75, 3.05) is 35.8 Å². The van der Waals surface area contributed by atoms with Crippen LogP contribution in [0.4, 0.5) is 24.5 Å². The number of aliphatic carboxylic acids is 1. The number of aromatic carboxylic acids is 1. The standard InChI is InChI=1S/C25H33N3O4S.C2HF3O2/c1-18-14-19(2)16-22(15-18)33(31,32)26-20-6-7-24(23(17-20)25(29)30)28-12-8-21(9-13-28)27-10-4-3-5-11-27;3-2(4,5)1(6)7/h6-7,14-17,21,26H,3-5,8-13H2,1-2H3,(H,29,30);(H,6,7). The summed E-state index contributed by atoms with van der Waals surface area (Å²) in [6, 6.07) is 10.5. The van der Waals surface area contributed by atoms with Crippen molar-refractivity contribution in [1.82, 2.24) is 4.90 Å². The van der Waals surface area contributed by atoms with Crippen LogP contribution in [0.1, 0.15) is 53.6 Å². The Balaban J connectivity index is 0.000000559. The number of anilines is 2. The van der Waals surface area contributed by atoms with Crippen molar-refractivity contribution in [2.24, 2.45) is 0 Å². The predicted octanol–water partition coefficient (Wildman–Crippen LogP) is 4.89. The molecule has 0 unspecified atom stereocenters. The molecule has 2 heterocycles. The fourth-order valence-corrected chi connectivity index (χ4v) is 6.34. The average molecular weight is 586 g/mol. The van der Waals surface area contributed by atoms with Crippen molar-refractivity contribution >= 4 is 33.3 Å². The van der Waals surface area contributed by atoms with E-state index in [0.29, 0.717) is 11.7 Å². The molecule has 220 valence electrons. The molecule has 0 saturated carbocycles. The second-order valence-electron chi connectivity index (χ2n) is 10.1. The van der Waals surface area contributed by atoms with E-state index in [1.54, 1.807) is 24.3 Å². The van der Waals surface area contributed by atoms with Crippen molar-refractivity contribution in [1.29, 1.82) is 0 Å². The molecule has 13 heteroatoms. The second-order valence-corrected chi connectivity index (χ2v) is 11.8. The summed E-state index contributed by atoms with van der Waals surface area (Å²) in [6.07, 6.45) is 0.795. The lowest BCUT2D eigenvalue weighted by Crippen LogP contribution is -2.47. The molecule has 9 nitrogen and oxygen atoms in total. The summed E-state index contributed by atoms with van der Waals surface area (Å²) < 4.78 is 60.1. The van der Waals surface area contributed by atoms with Gasteiger partial charge in [-0.2, -0.15) is 13.2 Å². The topological polar surface area (TPSA) is 127 Å². The van der Waals surface area contributed by atoms with Gasteiger partial charge in [0, 0.05) is 24.8 Å². The summed E-state index contributed by atoms with van der Waals surface area (Å²) in [5.41, 5.74) is 2.72. The third kappa shape index (κ3) is 8.34. The average Bonchev–Trinajstić information content (AvgIpc) is 2.88. The lowest BCUT2D eigenvalue weighted by atomic mass is 9.98. The fourth-order valence-electron chi connectivity index (χ4n) is 5.10. The van der Waals surface area contributed by atoms with Crippen LogP contribution in [0.15, 0.2) is 41.3 Å². The van der Waals surface area contributed by atoms with E-state index in [-0.39, 0.29) is 16.1 Å². The first kappa shape index (κ1) is 31.2. The Hall–Kier alpha value is -3.32. The van der Waals surface area contributed by atoms with E-state index in [4.69, 9.17) is 9.90 Å². The molecule has 0 amide bonds. The molecule has 0 spiro atoms. The molecule has 0 bridgehead atoms. The van der Waals surface area contributed by atoms with E-state index in [1.807, 2.05) is 19.9 Å². The van der Waals surface area contributed by atoms with Crippen LogP contribution in [0.3, 0.4) is 0 Å². The number of hydrogen-bond donors (Lipinski definition) is 3. The van der Waals surface area contributed by atoms with Gasteiger partial charge in [-0.05, 0) is 94.1 Å². The number of carboxylic acid groups (broad SMARTS) is 2. The number of carboxylic acids is 2. The lowest BCUT2D eigenvalue weighted by Gasteiger charge is -2.41. The van der Waals surface area contributed by atoms with Gasteiger partial charge in [0.1, 0.15) is 0 Å². The zero-order valence-corrected chi connectivity index (χ0v) is 23.2. The van der Waals surface area contributed by atoms with Gasteiger partial charge in [0.2, 0.25) is 0 Å². The number of alkyl halides is 3. The SMILES string of the molecule is Cc1cc(C)cc(S(=O)(=O)Nc2ccc(N3CCC(N4CCCCC4)CC3)c(C(=O)O)c2)c1.O=C(O)C(F)(F)F. The van der Waals surface area contributed by atoms with Crippen molar-refractivity contribution in [3.8, 4) is 0 Å². The Bertz CT molecular complexity index is 1300. The van der Waals surface area contributed by atoms with E-state index in [2.05, 4.69) is 14.5 Å². The molecule has 3 N–H and O–H groups in total. The van der Waals surface area contributed by atoms with Crippen molar-refractivity contribution in [3.05, 3.63) is 53.1 Å². The van der Waals surface area contributed by atoms with E-state index in [9.17, 15) is 31.5 Å². The maximum absolute atomic E-state index is 12.9. The quantitative estimate of drug-likeness (QED) is 0.438. The molecule has 0 aliphatic carbocycles. The van der Waals surface area contributed by atoms with Gasteiger partial charge in [-0.1, -0.05) is 12.5 Å². The number of nitrogens with zero attached hydrogens (tertiary/aromatic N) is 2. The van der Waals surface area contributed by atoms with Gasteiger partial charge in [-0.25, -0.2) is 18.0 Å². The van der Waals surface area contributed by atoms with Gasteiger partial charge in [-0.15, -0.1) is 0 Å². The molecule has 0 radical (unpaired) electrons. The summed E-state index contributed by atoms with van der Waals surface area (Å²) in [7, 11) is -3.82. The molecular formula is C27H34F3N3O6S. The zero-order valence-electron chi connectivity index (χ0n) is 22.4. The van der Waals surface area contributed by atoms with Gasteiger partial charge in [0.15, 0.2) is 0 Å². The fraction of sp³-hybridized carbons (Fsp3) is 0.481. The highest BCUT2D eigenvalue weighted by Crippen LogP contribution is 2.30. The molecule has 4 rings (SSSR count). The summed E-state index contributed by atoms with van der Waals surface area (Å²) in [5.74, 6) is -3.82. The maximum atomic E-state index is 12.9. The largest absolute Gasteiger partial charge is 0.490 e. The molecule has 2 aromatic rings. The molecule has 2 aromatic carbocycles. The zero-order chi connectivity index (χ0) is 29.7. The summed E-state index contributed by atoms with van der Waals surface area (Å²) in [6.45, 7) is 7.63. The first-order valence-electron chi connectivity index (χ1n) is 12.9. The smallest absolute Gasteiger partial charge is 0.478 e. The minimum Gasteiger partial charge on any atom is -0.478 e. The normalized spacial score (nSPS) is 17.1. The van der Waals surface area contributed by atoms with Gasteiger partial charge in [0.05, 0.1) is 16.1 Å². The monoisotopic (exact) mass is 585 g/mol. The van der Waals surface area contributed by atoms with Crippen LogP contribution in [-0.4, -0.2) is 73.9 Å². The summed E-state index contributed by atoms with van der Waals surface area (Å²) in [4.78, 5) is 25.8. The van der Waals surface area contributed by atoms with Crippen LogP contribution in [0, 0.1) is 13.8 Å². The number of nitrogens with one attached hydrogen (secondary N) is 1. The third-order valence-corrected chi connectivity index (χ3v) is 8.30. The highest BCUT2D eigenvalue weighted by molar-refractivity contribution is 7.92. The predicted molar refractivity (Wildman–Crippen MR) is 144 cm³/mol. The van der Waals surface area contributed by atoms with E-state index in [1.165, 1.54) is 38.4 Å². The number of likely N-dealkylation sites (tertiary alicyclic amines) is 1. The molecule has 2 aliphatic heterocycles. The van der Waals surface area contributed by atoms with Crippen molar-refractivity contribution in [3.63, 3.8) is 0 Å². The molecular weight excluding hydrogens is 551 g/mol. The van der Waals surface area contributed by atoms with Crippen LogP contribution >= 0.6 is 0 Å². The highest BCUT2D eigenvalue weighted by Gasteiger charge is 2.38. The molecule has 0 aromatic heterocycles. The number of sulfonamides is 1. The number of piperidine rings is 2. The maximum Gasteiger partial charge on any atom is 0.490 e. The third-order valence-electron chi connectivity index (χ3n) is 6.94. The minimum atomic E-state index is -5.08. The number of carbonyl (C=O) groups is 2. The first-order chi connectivity index (χ1) is 18.7. The van der Waals surface area contributed by atoms with Gasteiger partial charge in [-0.3, -0.25) is 4.72 Å². The molecule has 0 atom stereocenters. The van der Waals surface area contributed by atoms with Crippen LogP contribution < -0.4 is 9.62 Å². The van der Waals surface area contributed by atoms with Gasteiger partial charge in [0.25, 0.3) is 10.0 Å². The molecule has 40 heavy (non-hydrogen) atoms. The second kappa shape index (κ2) is 12.9. The minimum absolute atomic E-state index is 0.118. The highest BCUT2D eigenvalue weighted by atomic mass is 32.2. The molecule has 2 aliphatic rings. The number of halogens is 3. The van der Waals surface area contributed by atoms with Crippen LogP contribution in [-0.2, 0) is 14.8 Å². The van der Waals surface area contributed by atoms with E-state index < -0.39 is 28.1 Å².